The van der Waals surface area contributed by atoms with Crippen LogP contribution in [0.15, 0.2) is 41.3 Å². The number of benzene rings is 2. The van der Waals surface area contributed by atoms with Crippen LogP contribution in [0.3, 0.4) is 0 Å². The Morgan fingerprint density at radius 2 is 2.00 bits per heavy atom. The number of carbonyl (C=O) groups excluding carboxylic acids is 1. The van der Waals surface area contributed by atoms with Gasteiger partial charge in [0.05, 0.1) is 12.3 Å². The number of fused-ring (bicyclic) bond motifs is 1. The van der Waals surface area contributed by atoms with Crippen LogP contribution in [0.1, 0.15) is 30.9 Å². The highest BCUT2D eigenvalue weighted by atomic mass is 32.2. The molecule has 4 rings (SSSR count). The predicted octanol–water partition coefficient (Wildman–Crippen LogP) is 3.49. The van der Waals surface area contributed by atoms with E-state index >= 15 is 0 Å². The molecule has 0 aromatic heterocycles. The van der Waals surface area contributed by atoms with Crippen molar-refractivity contribution in [2.75, 3.05) is 22.8 Å². The SMILES string of the molecule is CCOc1ccc(C)cc1S(=O)(=O)Nc1ccc2c(c1)N(C(=O)C1CC1)CC2. The molecule has 2 aromatic carbocycles. The molecule has 1 saturated carbocycles. The van der Waals surface area contributed by atoms with Gasteiger partial charge in [0.25, 0.3) is 10.0 Å². The molecule has 1 N–H and O–H groups in total. The molecule has 0 spiro atoms. The lowest BCUT2D eigenvalue weighted by atomic mass is 10.1. The molecule has 0 bridgehead atoms. The molecular formula is C21H24N2O4S. The lowest BCUT2D eigenvalue weighted by molar-refractivity contribution is -0.119. The number of hydrogen-bond donors (Lipinski definition) is 1. The topological polar surface area (TPSA) is 75.7 Å². The number of aryl methyl sites for hydroxylation is 1. The normalized spacial score (nSPS) is 16.0. The molecular weight excluding hydrogens is 376 g/mol. The Hall–Kier alpha value is -2.54. The summed E-state index contributed by atoms with van der Waals surface area (Å²) in [6.45, 7) is 4.69. The Bertz CT molecular complexity index is 1030. The summed E-state index contributed by atoms with van der Waals surface area (Å²) >= 11 is 0. The fourth-order valence-electron chi connectivity index (χ4n) is 3.53. The van der Waals surface area contributed by atoms with Crippen LogP contribution < -0.4 is 14.4 Å². The summed E-state index contributed by atoms with van der Waals surface area (Å²) in [5.74, 6) is 0.607. The number of amides is 1. The van der Waals surface area contributed by atoms with Gasteiger partial charge >= 0.3 is 0 Å². The molecule has 2 aliphatic rings. The molecule has 1 fully saturated rings. The molecule has 0 unspecified atom stereocenters. The Balaban J connectivity index is 1.64. The Labute approximate surface area is 165 Å². The number of carbonyl (C=O) groups is 1. The third-order valence-corrected chi connectivity index (χ3v) is 6.52. The molecule has 6 nitrogen and oxygen atoms in total. The second-order valence-corrected chi connectivity index (χ2v) is 9.00. The quantitative estimate of drug-likeness (QED) is 0.805. The van der Waals surface area contributed by atoms with Crippen LogP contribution in [0, 0.1) is 12.8 Å². The van der Waals surface area contributed by atoms with E-state index in [1.807, 2.05) is 26.0 Å². The van der Waals surface area contributed by atoms with Crippen LogP contribution in [0.25, 0.3) is 0 Å². The van der Waals surface area contributed by atoms with Gasteiger partial charge < -0.3 is 9.64 Å². The van der Waals surface area contributed by atoms with Crippen molar-refractivity contribution in [3.8, 4) is 5.75 Å². The summed E-state index contributed by atoms with van der Waals surface area (Å²) in [6.07, 6.45) is 2.70. The molecule has 0 saturated heterocycles. The highest BCUT2D eigenvalue weighted by Crippen LogP contribution is 2.38. The first-order valence-electron chi connectivity index (χ1n) is 9.59. The summed E-state index contributed by atoms with van der Waals surface area (Å²) in [4.78, 5) is 14.4. The highest BCUT2D eigenvalue weighted by Gasteiger charge is 2.36. The molecule has 1 aliphatic heterocycles. The van der Waals surface area contributed by atoms with Gasteiger partial charge in [-0.2, -0.15) is 0 Å². The van der Waals surface area contributed by atoms with Crippen molar-refractivity contribution in [2.24, 2.45) is 5.92 Å². The lowest BCUT2D eigenvalue weighted by Gasteiger charge is -2.18. The third-order valence-electron chi connectivity index (χ3n) is 5.11. The summed E-state index contributed by atoms with van der Waals surface area (Å²) in [5, 5.41) is 0. The van der Waals surface area contributed by atoms with E-state index < -0.39 is 10.0 Å². The van der Waals surface area contributed by atoms with Crippen molar-refractivity contribution in [1.29, 1.82) is 0 Å². The van der Waals surface area contributed by atoms with E-state index in [4.69, 9.17) is 4.74 Å². The molecule has 2 aromatic rings. The van der Waals surface area contributed by atoms with E-state index in [2.05, 4.69) is 4.72 Å². The first-order chi connectivity index (χ1) is 13.4. The van der Waals surface area contributed by atoms with Gasteiger partial charge in [0.15, 0.2) is 0 Å². The van der Waals surface area contributed by atoms with Gasteiger partial charge in [0.1, 0.15) is 10.6 Å². The molecule has 148 valence electrons. The second-order valence-electron chi connectivity index (χ2n) is 7.35. The van der Waals surface area contributed by atoms with E-state index in [0.717, 1.165) is 36.1 Å². The predicted molar refractivity (Wildman–Crippen MR) is 108 cm³/mol. The van der Waals surface area contributed by atoms with Crippen molar-refractivity contribution >= 4 is 27.3 Å². The number of nitrogens with zero attached hydrogens (tertiary/aromatic N) is 1. The maximum absolute atomic E-state index is 13.0. The van der Waals surface area contributed by atoms with Gasteiger partial charge in [0, 0.05) is 18.2 Å². The number of ether oxygens (including phenoxy) is 1. The van der Waals surface area contributed by atoms with Gasteiger partial charge in [-0.3, -0.25) is 9.52 Å². The van der Waals surface area contributed by atoms with Crippen molar-refractivity contribution < 1.29 is 17.9 Å². The zero-order chi connectivity index (χ0) is 19.9. The van der Waals surface area contributed by atoms with E-state index in [9.17, 15) is 13.2 Å². The minimum atomic E-state index is -3.83. The van der Waals surface area contributed by atoms with Crippen LogP contribution in [0.4, 0.5) is 11.4 Å². The largest absolute Gasteiger partial charge is 0.492 e. The summed E-state index contributed by atoms with van der Waals surface area (Å²) in [5.41, 5.74) is 3.16. The van der Waals surface area contributed by atoms with Crippen molar-refractivity contribution in [2.45, 2.75) is 38.0 Å². The molecule has 1 amide bonds. The zero-order valence-corrected chi connectivity index (χ0v) is 16.9. The van der Waals surface area contributed by atoms with E-state index in [1.54, 1.807) is 29.2 Å². The average molecular weight is 401 g/mol. The second kappa shape index (κ2) is 7.13. The van der Waals surface area contributed by atoms with Crippen molar-refractivity contribution in [1.82, 2.24) is 0 Å². The van der Waals surface area contributed by atoms with E-state index in [0.29, 0.717) is 24.6 Å². The Morgan fingerprint density at radius 1 is 1.21 bits per heavy atom. The highest BCUT2D eigenvalue weighted by molar-refractivity contribution is 7.92. The molecule has 0 radical (unpaired) electrons. The van der Waals surface area contributed by atoms with E-state index in [-0.39, 0.29) is 16.7 Å². The summed E-state index contributed by atoms with van der Waals surface area (Å²) in [7, 11) is -3.83. The molecule has 7 heteroatoms. The number of sulfonamides is 1. The van der Waals surface area contributed by atoms with Crippen molar-refractivity contribution in [3.63, 3.8) is 0 Å². The average Bonchev–Trinajstić information content (AvgIpc) is 3.42. The van der Waals surface area contributed by atoms with Gasteiger partial charge in [-0.1, -0.05) is 12.1 Å². The number of rotatable bonds is 6. The maximum atomic E-state index is 13.0. The van der Waals surface area contributed by atoms with Gasteiger partial charge in [0.2, 0.25) is 5.91 Å². The van der Waals surface area contributed by atoms with E-state index in [1.165, 1.54) is 0 Å². The summed E-state index contributed by atoms with van der Waals surface area (Å²) in [6, 6.07) is 10.5. The first-order valence-corrected chi connectivity index (χ1v) is 11.1. The van der Waals surface area contributed by atoms with Gasteiger partial charge in [-0.05, 0) is 68.5 Å². The van der Waals surface area contributed by atoms with Crippen LogP contribution in [0.5, 0.6) is 5.75 Å². The van der Waals surface area contributed by atoms with Crippen LogP contribution in [-0.4, -0.2) is 27.5 Å². The molecule has 1 aliphatic carbocycles. The lowest BCUT2D eigenvalue weighted by Crippen LogP contribution is -2.30. The fourth-order valence-corrected chi connectivity index (χ4v) is 4.81. The third kappa shape index (κ3) is 3.58. The molecule has 1 heterocycles. The van der Waals surface area contributed by atoms with Gasteiger partial charge in [-0.25, -0.2) is 8.42 Å². The molecule has 28 heavy (non-hydrogen) atoms. The minimum Gasteiger partial charge on any atom is -0.492 e. The Morgan fingerprint density at radius 3 is 2.71 bits per heavy atom. The Kier molecular flexibility index (Phi) is 4.79. The van der Waals surface area contributed by atoms with Crippen LogP contribution >= 0.6 is 0 Å². The first kappa shape index (κ1) is 18.8. The monoisotopic (exact) mass is 400 g/mol. The number of anilines is 2. The van der Waals surface area contributed by atoms with Crippen LogP contribution in [-0.2, 0) is 21.2 Å². The van der Waals surface area contributed by atoms with Crippen LogP contribution in [0.2, 0.25) is 0 Å². The fraction of sp³-hybridized carbons (Fsp3) is 0.381. The molecule has 0 atom stereocenters. The van der Waals surface area contributed by atoms with Gasteiger partial charge in [-0.15, -0.1) is 0 Å². The minimum absolute atomic E-state index is 0.112. The van der Waals surface area contributed by atoms with Crippen molar-refractivity contribution in [3.05, 3.63) is 47.5 Å². The maximum Gasteiger partial charge on any atom is 0.265 e. The summed E-state index contributed by atoms with van der Waals surface area (Å²) < 4.78 is 34.2. The number of hydrogen-bond acceptors (Lipinski definition) is 4. The standard InChI is InChI=1S/C21H24N2O4S/c1-3-27-19-9-4-14(2)12-20(19)28(25,26)22-17-8-7-15-10-11-23(18(15)13-17)21(24)16-5-6-16/h4,7-9,12-13,16,22H,3,5-6,10-11H2,1-2H3. The smallest absolute Gasteiger partial charge is 0.265 e. The zero-order valence-electron chi connectivity index (χ0n) is 16.1. The number of nitrogens with one attached hydrogen (secondary N) is 1.